The summed E-state index contributed by atoms with van der Waals surface area (Å²) in [6, 6.07) is 19.6. The van der Waals surface area contributed by atoms with E-state index in [0.29, 0.717) is 0 Å². The normalized spacial score (nSPS) is 14.8. The van der Waals surface area contributed by atoms with Crippen molar-refractivity contribution in [2.75, 3.05) is 13.1 Å². The standard InChI is InChI=1S/C18H19N.ClH/c1-14-6-5-9-16(12-14)18-13-19-11-10-17(18)15-7-3-2-4-8-15;/h2-9,12,19H,10-11,13H2,1H3;1H. The van der Waals surface area contributed by atoms with Crippen LogP contribution in [0.2, 0.25) is 0 Å². The molecule has 1 aliphatic heterocycles. The molecule has 3 rings (SSSR count). The zero-order valence-electron chi connectivity index (χ0n) is 11.7. The van der Waals surface area contributed by atoms with Crippen LogP contribution in [0.5, 0.6) is 0 Å². The molecule has 1 heterocycles. The summed E-state index contributed by atoms with van der Waals surface area (Å²) >= 11 is 0. The first-order valence-corrected chi connectivity index (χ1v) is 6.90. The molecule has 2 aromatic rings. The van der Waals surface area contributed by atoms with Gasteiger partial charge in [0.25, 0.3) is 0 Å². The second kappa shape index (κ2) is 6.74. The summed E-state index contributed by atoms with van der Waals surface area (Å²) in [6.07, 6.45) is 1.10. The number of halogens is 1. The minimum atomic E-state index is 0. The van der Waals surface area contributed by atoms with Gasteiger partial charge in [-0.25, -0.2) is 0 Å². The van der Waals surface area contributed by atoms with E-state index in [1.54, 1.807) is 0 Å². The van der Waals surface area contributed by atoms with Crippen LogP contribution in [0, 0.1) is 6.92 Å². The molecule has 0 unspecified atom stereocenters. The lowest BCUT2D eigenvalue weighted by Crippen LogP contribution is -2.24. The summed E-state index contributed by atoms with van der Waals surface area (Å²) in [5.41, 5.74) is 6.97. The SMILES string of the molecule is Cc1cccc(C2=C(c3ccccc3)CCNC2)c1.Cl. The maximum absolute atomic E-state index is 3.49. The van der Waals surface area contributed by atoms with E-state index in [4.69, 9.17) is 0 Å². The van der Waals surface area contributed by atoms with Gasteiger partial charge in [0.05, 0.1) is 0 Å². The fourth-order valence-electron chi connectivity index (χ4n) is 2.75. The minimum absolute atomic E-state index is 0. The Morgan fingerprint density at radius 1 is 0.850 bits per heavy atom. The maximum atomic E-state index is 3.49. The summed E-state index contributed by atoms with van der Waals surface area (Å²) in [4.78, 5) is 0. The second-order valence-corrected chi connectivity index (χ2v) is 5.12. The smallest absolute Gasteiger partial charge is 0.0214 e. The molecule has 0 radical (unpaired) electrons. The van der Waals surface area contributed by atoms with Crippen LogP contribution >= 0.6 is 12.4 Å². The van der Waals surface area contributed by atoms with Crippen molar-refractivity contribution in [1.82, 2.24) is 5.32 Å². The van der Waals surface area contributed by atoms with E-state index in [1.165, 1.54) is 27.8 Å². The number of benzene rings is 2. The molecule has 0 bridgehead atoms. The molecule has 0 fully saturated rings. The molecule has 20 heavy (non-hydrogen) atoms. The lowest BCUT2D eigenvalue weighted by Gasteiger charge is -2.22. The highest BCUT2D eigenvalue weighted by Gasteiger charge is 2.15. The highest BCUT2D eigenvalue weighted by molar-refractivity contribution is 5.92. The van der Waals surface area contributed by atoms with Crippen molar-refractivity contribution in [2.24, 2.45) is 0 Å². The highest BCUT2D eigenvalue weighted by atomic mass is 35.5. The fraction of sp³-hybridized carbons (Fsp3) is 0.222. The van der Waals surface area contributed by atoms with Crippen LogP contribution < -0.4 is 5.32 Å². The predicted octanol–water partition coefficient (Wildman–Crippen LogP) is 4.32. The quantitative estimate of drug-likeness (QED) is 0.866. The van der Waals surface area contributed by atoms with Crippen LogP contribution in [0.15, 0.2) is 54.6 Å². The van der Waals surface area contributed by atoms with Gasteiger partial charge < -0.3 is 5.32 Å². The first kappa shape index (κ1) is 14.8. The first-order valence-electron chi connectivity index (χ1n) is 6.90. The average molecular weight is 286 g/mol. The topological polar surface area (TPSA) is 12.0 Å². The Bertz CT molecular complexity index is 602. The third-order valence-corrected chi connectivity index (χ3v) is 3.71. The monoisotopic (exact) mass is 285 g/mol. The van der Waals surface area contributed by atoms with Crippen molar-refractivity contribution in [3.8, 4) is 0 Å². The number of aryl methyl sites for hydroxylation is 1. The minimum Gasteiger partial charge on any atom is -0.312 e. The lowest BCUT2D eigenvalue weighted by molar-refractivity contribution is 0.749. The zero-order chi connectivity index (χ0) is 13.1. The van der Waals surface area contributed by atoms with E-state index in [-0.39, 0.29) is 12.4 Å². The number of hydrogen-bond donors (Lipinski definition) is 1. The summed E-state index contributed by atoms with van der Waals surface area (Å²) < 4.78 is 0. The van der Waals surface area contributed by atoms with Crippen molar-refractivity contribution >= 4 is 23.6 Å². The van der Waals surface area contributed by atoms with Crippen LogP contribution in [0.4, 0.5) is 0 Å². The van der Waals surface area contributed by atoms with E-state index < -0.39 is 0 Å². The van der Waals surface area contributed by atoms with E-state index in [0.717, 1.165) is 19.5 Å². The van der Waals surface area contributed by atoms with Crippen molar-refractivity contribution < 1.29 is 0 Å². The molecule has 0 spiro atoms. The van der Waals surface area contributed by atoms with Gasteiger partial charge in [-0.15, -0.1) is 12.4 Å². The third kappa shape index (κ3) is 3.12. The molecule has 2 heteroatoms. The van der Waals surface area contributed by atoms with E-state index >= 15 is 0 Å². The average Bonchev–Trinajstić information content (AvgIpc) is 2.48. The van der Waals surface area contributed by atoms with Gasteiger partial charge in [0, 0.05) is 6.54 Å². The van der Waals surface area contributed by atoms with Crippen molar-refractivity contribution in [3.05, 3.63) is 71.3 Å². The molecule has 1 aliphatic rings. The van der Waals surface area contributed by atoms with Gasteiger partial charge in [-0.05, 0) is 42.2 Å². The summed E-state index contributed by atoms with van der Waals surface area (Å²) in [5, 5.41) is 3.49. The first-order chi connectivity index (χ1) is 9.34. The number of hydrogen-bond acceptors (Lipinski definition) is 1. The molecule has 104 valence electrons. The second-order valence-electron chi connectivity index (χ2n) is 5.12. The van der Waals surface area contributed by atoms with E-state index in [9.17, 15) is 0 Å². The molecule has 2 aromatic carbocycles. The van der Waals surface area contributed by atoms with Gasteiger partial charge in [0.15, 0.2) is 0 Å². The molecule has 1 nitrogen and oxygen atoms in total. The van der Waals surface area contributed by atoms with Crippen molar-refractivity contribution in [3.63, 3.8) is 0 Å². The zero-order valence-corrected chi connectivity index (χ0v) is 12.5. The van der Waals surface area contributed by atoms with Gasteiger partial charge in [-0.3, -0.25) is 0 Å². The number of rotatable bonds is 2. The maximum Gasteiger partial charge on any atom is 0.0214 e. The van der Waals surface area contributed by atoms with Crippen LogP contribution in [0.3, 0.4) is 0 Å². The van der Waals surface area contributed by atoms with E-state index in [2.05, 4.69) is 66.8 Å². The number of nitrogens with one attached hydrogen (secondary N) is 1. The Balaban J connectivity index is 0.00000147. The predicted molar refractivity (Wildman–Crippen MR) is 89.2 cm³/mol. The third-order valence-electron chi connectivity index (χ3n) is 3.71. The summed E-state index contributed by atoms with van der Waals surface area (Å²) in [6.45, 7) is 4.19. The molecule has 0 aliphatic carbocycles. The fourth-order valence-corrected chi connectivity index (χ4v) is 2.75. The van der Waals surface area contributed by atoms with Gasteiger partial charge in [0.1, 0.15) is 0 Å². The lowest BCUT2D eigenvalue weighted by atomic mass is 9.90. The Labute approximate surface area is 127 Å². The molecular weight excluding hydrogens is 266 g/mol. The Kier molecular flexibility index (Phi) is 4.99. The summed E-state index contributed by atoms with van der Waals surface area (Å²) in [7, 11) is 0. The molecule has 0 saturated carbocycles. The van der Waals surface area contributed by atoms with Crippen molar-refractivity contribution in [2.45, 2.75) is 13.3 Å². The largest absolute Gasteiger partial charge is 0.312 e. The van der Waals surface area contributed by atoms with Crippen LogP contribution in [-0.2, 0) is 0 Å². The van der Waals surface area contributed by atoms with Gasteiger partial charge >= 0.3 is 0 Å². The molecule has 0 aromatic heterocycles. The van der Waals surface area contributed by atoms with Gasteiger partial charge in [0.2, 0.25) is 0 Å². The Morgan fingerprint density at radius 3 is 2.35 bits per heavy atom. The molecule has 1 N–H and O–H groups in total. The Morgan fingerprint density at radius 2 is 1.60 bits per heavy atom. The van der Waals surface area contributed by atoms with Crippen LogP contribution in [0.1, 0.15) is 23.1 Å². The molecule has 0 saturated heterocycles. The van der Waals surface area contributed by atoms with E-state index in [1.807, 2.05) is 0 Å². The highest BCUT2D eigenvalue weighted by Crippen LogP contribution is 2.30. The molecule has 0 atom stereocenters. The summed E-state index contributed by atoms with van der Waals surface area (Å²) in [5.74, 6) is 0. The Hall–Kier alpha value is -1.57. The van der Waals surface area contributed by atoms with Crippen molar-refractivity contribution in [1.29, 1.82) is 0 Å². The van der Waals surface area contributed by atoms with Crippen LogP contribution in [-0.4, -0.2) is 13.1 Å². The van der Waals surface area contributed by atoms with Gasteiger partial charge in [-0.1, -0.05) is 60.2 Å². The molecular formula is C18H20ClN. The van der Waals surface area contributed by atoms with Gasteiger partial charge in [-0.2, -0.15) is 0 Å². The molecule has 0 amide bonds. The van der Waals surface area contributed by atoms with Crippen LogP contribution in [0.25, 0.3) is 11.1 Å².